The molecule has 0 saturated heterocycles. The SMILES string of the molecule is [2H]C(C)(C)c1ccc(-c2ccnc(-c3cc(-c4ccccc4)cc(-c4cccc5c4nc(-c4cc(C)cc(C)c4O)n5-c4ccc(-c5ccccc5)c(CC)c4)c3)c2)cc1. The van der Waals surface area contributed by atoms with Crippen LogP contribution in [0.4, 0.5) is 0 Å². The molecule has 0 unspecified atom stereocenters. The molecule has 4 heteroatoms. The Kier molecular flexibility index (Phi) is 9.67. The number of aromatic hydroxyl groups is 1. The molecule has 7 aromatic carbocycles. The fourth-order valence-corrected chi connectivity index (χ4v) is 8.31. The molecule has 59 heavy (non-hydrogen) atoms. The van der Waals surface area contributed by atoms with Crippen molar-refractivity contribution in [2.45, 2.75) is 46.9 Å². The number of pyridine rings is 1. The highest BCUT2D eigenvalue weighted by Gasteiger charge is 2.22. The number of hydrogen-bond donors (Lipinski definition) is 1. The summed E-state index contributed by atoms with van der Waals surface area (Å²) in [4.78, 5) is 10.4. The lowest BCUT2D eigenvalue weighted by Crippen LogP contribution is -2.00. The standard InChI is InChI=1S/C55H47N3O/c1-6-38-33-47(24-25-48(38)42-16-11-8-12-17-42)58-52-19-13-18-49(53(52)57-55(58)50-29-36(4)28-37(5)54(50)59)45-30-44(40-14-9-7-10-15-40)31-46(32-45)51-34-43(26-27-56-51)41-22-20-39(21-23-41)35(2)3/h7-35,59H,6H2,1-5H3/i35D. The topological polar surface area (TPSA) is 50.9 Å². The number of phenols is 1. The van der Waals surface area contributed by atoms with Gasteiger partial charge >= 0.3 is 0 Å². The molecule has 0 fully saturated rings. The van der Waals surface area contributed by atoms with Crippen LogP contribution in [0.3, 0.4) is 0 Å². The number of rotatable bonds is 9. The summed E-state index contributed by atoms with van der Waals surface area (Å²) >= 11 is 0. The van der Waals surface area contributed by atoms with Gasteiger partial charge in [0.05, 0.1) is 22.3 Å². The third-order valence-electron chi connectivity index (χ3n) is 11.4. The minimum atomic E-state index is -0.666. The van der Waals surface area contributed by atoms with Gasteiger partial charge in [-0.15, -0.1) is 0 Å². The average Bonchev–Trinajstić information content (AvgIpc) is 3.67. The number of aryl methyl sites for hydroxylation is 3. The van der Waals surface area contributed by atoms with E-state index in [1.54, 1.807) is 0 Å². The van der Waals surface area contributed by atoms with Crippen LogP contribution in [0.2, 0.25) is 0 Å². The number of benzene rings is 7. The van der Waals surface area contributed by atoms with Crippen LogP contribution in [0, 0.1) is 13.8 Å². The van der Waals surface area contributed by atoms with Crippen LogP contribution in [0.1, 0.15) is 50.3 Å². The molecule has 0 aliphatic carbocycles. The normalized spacial score (nSPS) is 11.8. The van der Waals surface area contributed by atoms with Gasteiger partial charge in [0.1, 0.15) is 11.6 Å². The van der Waals surface area contributed by atoms with Crippen LogP contribution in [0.25, 0.3) is 83.9 Å². The highest BCUT2D eigenvalue weighted by molar-refractivity contribution is 5.98. The van der Waals surface area contributed by atoms with E-state index in [9.17, 15) is 5.11 Å². The van der Waals surface area contributed by atoms with Crippen molar-refractivity contribution in [1.82, 2.24) is 14.5 Å². The van der Waals surface area contributed by atoms with Crippen LogP contribution in [-0.4, -0.2) is 19.6 Å². The Morgan fingerprint density at radius 2 is 1.29 bits per heavy atom. The van der Waals surface area contributed by atoms with Gasteiger partial charge in [0.25, 0.3) is 0 Å². The first kappa shape index (κ1) is 36.3. The number of nitrogens with zero attached hydrogens (tertiary/aromatic N) is 3. The van der Waals surface area contributed by atoms with Crippen molar-refractivity contribution in [3.8, 4) is 78.6 Å². The van der Waals surface area contributed by atoms with Crippen LogP contribution in [-0.2, 0) is 6.42 Å². The van der Waals surface area contributed by atoms with Crippen LogP contribution in [0.15, 0.2) is 170 Å². The van der Waals surface area contributed by atoms with Crippen molar-refractivity contribution in [3.63, 3.8) is 0 Å². The molecule has 288 valence electrons. The van der Waals surface area contributed by atoms with Crippen LogP contribution >= 0.6 is 0 Å². The highest BCUT2D eigenvalue weighted by Crippen LogP contribution is 2.41. The van der Waals surface area contributed by atoms with E-state index in [1.165, 1.54) is 16.7 Å². The lowest BCUT2D eigenvalue weighted by molar-refractivity contribution is 0.472. The molecule has 0 spiro atoms. The maximum absolute atomic E-state index is 11.7. The maximum atomic E-state index is 11.7. The van der Waals surface area contributed by atoms with E-state index in [0.717, 1.165) is 84.5 Å². The van der Waals surface area contributed by atoms with E-state index in [2.05, 4.69) is 146 Å². The summed E-state index contributed by atoms with van der Waals surface area (Å²) in [6, 6.07) is 57.2. The molecule has 0 amide bonds. The van der Waals surface area contributed by atoms with Gasteiger partial charge in [0.15, 0.2) is 0 Å². The van der Waals surface area contributed by atoms with E-state index < -0.39 is 5.89 Å². The summed E-state index contributed by atoms with van der Waals surface area (Å²) < 4.78 is 10.7. The minimum absolute atomic E-state index is 0.229. The largest absolute Gasteiger partial charge is 0.507 e. The van der Waals surface area contributed by atoms with Crippen molar-refractivity contribution < 1.29 is 6.48 Å². The van der Waals surface area contributed by atoms with E-state index in [1.807, 2.05) is 63.4 Å². The molecular weight excluding hydrogens is 719 g/mol. The Hall–Kier alpha value is -7.04. The lowest BCUT2D eigenvalue weighted by atomic mass is 9.93. The second-order valence-corrected chi connectivity index (χ2v) is 15.7. The Morgan fingerprint density at radius 1 is 0.593 bits per heavy atom. The molecule has 9 rings (SSSR count). The Bertz CT molecular complexity index is 3020. The Morgan fingerprint density at radius 3 is 2.02 bits per heavy atom. The molecular formula is C55H47N3O. The first-order valence-corrected chi connectivity index (χ1v) is 20.3. The molecule has 0 aliphatic rings. The fourth-order valence-electron chi connectivity index (χ4n) is 8.31. The number of para-hydroxylation sites is 1. The molecule has 0 saturated carbocycles. The van der Waals surface area contributed by atoms with Gasteiger partial charge in [-0.1, -0.05) is 130 Å². The number of imidazole rings is 1. The predicted octanol–water partition coefficient (Wildman–Crippen LogP) is 14.4. The van der Waals surface area contributed by atoms with Gasteiger partial charge in [0.2, 0.25) is 0 Å². The second-order valence-electron chi connectivity index (χ2n) is 15.7. The minimum Gasteiger partial charge on any atom is -0.507 e. The quantitative estimate of drug-likeness (QED) is 0.159. The Balaban J connectivity index is 1.25. The molecule has 0 atom stereocenters. The van der Waals surface area contributed by atoms with Crippen molar-refractivity contribution in [1.29, 1.82) is 0 Å². The van der Waals surface area contributed by atoms with Crippen LogP contribution in [0.5, 0.6) is 5.75 Å². The van der Waals surface area contributed by atoms with Crippen molar-refractivity contribution in [3.05, 3.63) is 192 Å². The van der Waals surface area contributed by atoms with Gasteiger partial charge in [0, 0.05) is 24.4 Å². The molecule has 0 aliphatic heterocycles. The third kappa shape index (κ3) is 7.23. The van der Waals surface area contributed by atoms with Crippen molar-refractivity contribution >= 4 is 11.0 Å². The van der Waals surface area contributed by atoms with Gasteiger partial charge in [-0.25, -0.2) is 4.98 Å². The number of hydrogen-bond acceptors (Lipinski definition) is 3. The average molecular weight is 767 g/mol. The van der Waals surface area contributed by atoms with Crippen LogP contribution < -0.4 is 0 Å². The summed E-state index contributed by atoms with van der Waals surface area (Å²) in [5.41, 5.74) is 18.1. The zero-order chi connectivity index (χ0) is 41.5. The number of fused-ring (bicyclic) bond motifs is 1. The maximum Gasteiger partial charge on any atom is 0.149 e. The zero-order valence-electron chi connectivity index (χ0n) is 35.2. The Labute approximate surface area is 348 Å². The summed E-state index contributed by atoms with van der Waals surface area (Å²) in [7, 11) is 0. The molecule has 0 bridgehead atoms. The van der Waals surface area contributed by atoms with Gasteiger partial charge in [-0.2, -0.15) is 0 Å². The predicted molar refractivity (Wildman–Crippen MR) is 246 cm³/mol. The van der Waals surface area contributed by atoms with Crippen molar-refractivity contribution in [2.24, 2.45) is 0 Å². The summed E-state index contributed by atoms with van der Waals surface area (Å²) in [6.45, 7) is 10.0. The molecule has 0 radical (unpaired) electrons. The molecule has 2 aromatic heterocycles. The molecule has 4 nitrogen and oxygen atoms in total. The number of phenolic OH excluding ortho intramolecular Hbond substituents is 1. The first-order chi connectivity index (χ1) is 29.1. The summed E-state index contributed by atoms with van der Waals surface area (Å²) in [5, 5.41) is 11.7. The van der Waals surface area contributed by atoms with Gasteiger partial charge in [-0.05, 0) is 142 Å². The highest BCUT2D eigenvalue weighted by atomic mass is 16.3. The number of aromatic nitrogens is 3. The fraction of sp³-hybridized carbons (Fsp3) is 0.127. The lowest BCUT2D eigenvalue weighted by Gasteiger charge is -2.16. The first-order valence-electron chi connectivity index (χ1n) is 20.8. The van der Waals surface area contributed by atoms with E-state index in [0.29, 0.717) is 11.4 Å². The smallest absolute Gasteiger partial charge is 0.149 e. The van der Waals surface area contributed by atoms with E-state index in [4.69, 9.17) is 11.3 Å². The van der Waals surface area contributed by atoms with E-state index >= 15 is 0 Å². The van der Waals surface area contributed by atoms with Gasteiger partial charge in [-0.3, -0.25) is 9.55 Å². The van der Waals surface area contributed by atoms with E-state index in [-0.39, 0.29) is 5.75 Å². The monoisotopic (exact) mass is 766 g/mol. The molecule has 9 aromatic rings. The van der Waals surface area contributed by atoms with Crippen molar-refractivity contribution in [2.75, 3.05) is 0 Å². The summed E-state index contributed by atoms with van der Waals surface area (Å²) in [6.07, 6.45) is 2.74. The summed E-state index contributed by atoms with van der Waals surface area (Å²) in [5.74, 6) is 0.248. The second kappa shape index (κ2) is 15.7. The van der Waals surface area contributed by atoms with Gasteiger partial charge < -0.3 is 5.11 Å². The molecule has 1 N–H and O–H groups in total. The third-order valence-corrected chi connectivity index (χ3v) is 11.4. The molecule has 2 heterocycles. The zero-order valence-corrected chi connectivity index (χ0v) is 34.2.